The first-order chi connectivity index (χ1) is 12.8. The number of rotatable bonds is 4. The molecule has 0 radical (unpaired) electrons. The summed E-state index contributed by atoms with van der Waals surface area (Å²) in [4.78, 5) is 0. The average molecular weight is 421 g/mol. The minimum Gasteiger partial charge on any atom is -0.385 e. The molecule has 11 heteroatoms. The van der Waals surface area contributed by atoms with Gasteiger partial charge in [0.15, 0.2) is 5.79 Å². The van der Waals surface area contributed by atoms with Crippen molar-refractivity contribution in [1.82, 2.24) is 0 Å². The van der Waals surface area contributed by atoms with E-state index >= 15 is 0 Å². The summed E-state index contributed by atoms with van der Waals surface area (Å²) in [6.07, 6.45) is -1.19. The van der Waals surface area contributed by atoms with Crippen molar-refractivity contribution in [2.24, 2.45) is 0 Å². The van der Waals surface area contributed by atoms with Crippen LogP contribution in [0.3, 0.4) is 0 Å². The molecule has 0 amide bonds. The van der Waals surface area contributed by atoms with Crippen molar-refractivity contribution in [2.45, 2.75) is 57.1 Å². The van der Waals surface area contributed by atoms with Gasteiger partial charge in [0.2, 0.25) is 5.79 Å². The molecule has 1 aromatic carbocycles. The zero-order chi connectivity index (χ0) is 21.2. The van der Waals surface area contributed by atoms with Crippen LogP contribution in [0, 0.1) is 0 Å². The van der Waals surface area contributed by atoms with Crippen LogP contribution in [0.1, 0.15) is 26.3 Å². The number of ether oxygens (including phenoxy) is 3. The van der Waals surface area contributed by atoms with Gasteiger partial charge in [0, 0.05) is 5.69 Å². The lowest BCUT2D eigenvalue weighted by atomic mass is 9.97. The maximum Gasteiger partial charge on any atom is 0.394 e. The molecule has 28 heavy (non-hydrogen) atoms. The highest BCUT2D eigenvalue weighted by Gasteiger charge is 2.56. The fourth-order valence-corrected chi connectivity index (χ4v) is 3.07. The number of benzene rings is 1. The average Bonchev–Trinajstić information content (AvgIpc) is 2.91. The first-order valence-corrected chi connectivity index (χ1v) is 10.2. The Hall–Kier alpha value is -1.31. The Morgan fingerprint density at radius 2 is 1.75 bits per heavy atom. The molecule has 1 aromatic rings. The molecule has 2 saturated heterocycles. The molecule has 0 unspecified atom stereocenters. The van der Waals surface area contributed by atoms with E-state index in [4.69, 9.17) is 31.7 Å². The number of aryl methyl sites for hydroxylation is 1. The Bertz CT molecular complexity index is 744. The zero-order valence-electron chi connectivity index (χ0n) is 15.9. The first-order valence-electron chi connectivity index (χ1n) is 8.76. The minimum absolute atomic E-state index is 0.0621. The lowest BCUT2D eigenvalue weighted by Crippen LogP contribution is -2.62. The third-order valence-electron chi connectivity index (χ3n) is 4.40. The SMILES string of the molecule is CCc1ccc(NC[C@@]2(O)OC[C@H]3OC(C)(C)O[C@H]3[C@@H]2O)cc1.O=S(=O)(O)O. The van der Waals surface area contributed by atoms with Gasteiger partial charge in [-0.25, -0.2) is 0 Å². The van der Waals surface area contributed by atoms with Gasteiger partial charge in [0.25, 0.3) is 0 Å². The van der Waals surface area contributed by atoms with Gasteiger partial charge in [-0.15, -0.1) is 0 Å². The summed E-state index contributed by atoms with van der Waals surface area (Å²) in [5.74, 6) is -2.50. The van der Waals surface area contributed by atoms with Gasteiger partial charge in [0.1, 0.15) is 18.3 Å². The van der Waals surface area contributed by atoms with E-state index in [2.05, 4.69) is 12.2 Å². The van der Waals surface area contributed by atoms with Crippen molar-refractivity contribution >= 4 is 16.1 Å². The van der Waals surface area contributed by atoms with E-state index in [9.17, 15) is 10.2 Å². The van der Waals surface area contributed by atoms with Crippen molar-refractivity contribution in [3.63, 3.8) is 0 Å². The lowest BCUT2D eigenvalue weighted by Gasteiger charge is -2.41. The smallest absolute Gasteiger partial charge is 0.385 e. The van der Waals surface area contributed by atoms with Crippen molar-refractivity contribution in [2.75, 3.05) is 18.5 Å². The Morgan fingerprint density at radius 3 is 2.29 bits per heavy atom. The topological polar surface area (TPSA) is 155 Å². The van der Waals surface area contributed by atoms with Gasteiger partial charge >= 0.3 is 10.4 Å². The number of anilines is 1. The zero-order valence-corrected chi connectivity index (χ0v) is 16.7. The molecule has 0 bridgehead atoms. The Morgan fingerprint density at radius 1 is 1.18 bits per heavy atom. The molecule has 2 aliphatic heterocycles. The monoisotopic (exact) mass is 421 g/mol. The van der Waals surface area contributed by atoms with Crippen molar-refractivity contribution < 1.29 is 41.9 Å². The van der Waals surface area contributed by atoms with Crippen molar-refractivity contribution in [1.29, 1.82) is 0 Å². The third kappa shape index (κ3) is 6.36. The summed E-state index contributed by atoms with van der Waals surface area (Å²) in [6.45, 7) is 5.90. The van der Waals surface area contributed by atoms with Crippen LogP contribution >= 0.6 is 0 Å². The highest BCUT2D eigenvalue weighted by molar-refractivity contribution is 7.79. The summed E-state index contributed by atoms with van der Waals surface area (Å²) < 4.78 is 48.4. The summed E-state index contributed by atoms with van der Waals surface area (Å²) in [7, 11) is -4.67. The van der Waals surface area contributed by atoms with Gasteiger partial charge in [-0.1, -0.05) is 19.1 Å². The largest absolute Gasteiger partial charge is 0.394 e. The summed E-state index contributed by atoms with van der Waals surface area (Å²) in [5, 5.41) is 24.2. The molecular formula is C17H27NO9S. The third-order valence-corrected chi connectivity index (χ3v) is 4.40. The molecule has 5 N–H and O–H groups in total. The normalized spacial score (nSPS) is 31.5. The summed E-state index contributed by atoms with van der Waals surface area (Å²) >= 11 is 0. The second-order valence-corrected chi connectivity index (χ2v) is 7.99. The maximum absolute atomic E-state index is 10.6. The fourth-order valence-electron chi connectivity index (χ4n) is 3.07. The van der Waals surface area contributed by atoms with Gasteiger partial charge < -0.3 is 29.7 Å². The van der Waals surface area contributed by atoms with E-state index in [1.165, 1.54) is 5.56 Å². The van der Waals surface area contributed by atoms with Crippen LogP contribution in [0.15, 0.2) is 24.3 Å². The highest BCUT2D eigenvalue weighted by Crippen LogP contribution is 2.37. The fraction of sp³-hybridized carbons (Fsp3) is 0.647. The van der Waals surface area contributed by atoms with Crippen LogP contribution < -0.4 is 5.32 Å². The predicted molar refractivity (Wildman–Crippen MR) is 99.2 cm³/mol. The van der Waals surface area contributed by atoms with E-state index in [1.54, 1.807) is 13.8 Å². The van der Waals surface area contributed by atoms with E-state index in [0.29, 0.717) is 0 Å². The van der Waals surface area contributed by atoms with E-state index < -0.39 is 34.2 Å². The molecule has 3 rings (SSSR count). The van der Waals surface area contributed by atoms with Crippen LogP contribution in [-0.2, 0) is 31.0 Å². The molecule has 2 heterocycles. The number of fused-ring (bicyclic) bond motifs is 1. The molecule has 2 fully saturated rings. The molecule has 0 aliphatic carbocycles. The number of aliphatic hydroxyl groups is 2. The lowest BCUT2D eigenvalue weighted by molar-refractivity contribution is -0.298. The van der Waals surface area contributed by atoms with Gasteiger partial charge in [0.05, 0.1) is 13.2 Å². The minimum atomic E-state index is -4.67. The molecule has 10 nitrogen and oxygen atoms in total. The van der Waals surface area contributed by atoms with Crippen LogP contribution in [0.25, 0.3) is 0 Å². The van der Waals surface area contributed by atoms with Gasteiger partial charge in [-0.2, -0.15) is 8.42 Å². The van der Waals surface area contributed by atoms with Crippen LogP contribution in [0.4, 0.5) is 5.69 Å². The highest BCUT2D eigenvalue weighted by atomic mass is 32.3. The Labute approximate surface area is 164 Å². The molecule has 160 valence electrons. The predicted octanol–water partition coefficient (Wildman–Crippen LogP) is 0.608. The maximum atomic E-state index is 10.6. The molecular weight excluding hydrogens is 394 g/mol. The number of hydrogen-bond donors (Lipinski definition) is 5. The first kappa shape index (κ1) is 23.0. The van der Waals surface area contributed by atoms with Gasteiger partial charge in [-0.3, -0.25) is 9.11 Å². The van der Waals surface area contributed by atoms with E-state index in [1.807, 2.05) is 24.3 Å². The van der Waals surface area contributed by atoms with Crippen molar-refractivity contribution in [3.8, 4) is 0 Å². The van der Waals surface area contributed by atoms with Crippen LogP contribution in [0.2, 0.25) is 0 Å². The molecule has 4 atom stereocenters. The molecule has 0 spiro atoms. The van der Waals surface area contributed by atoms with Crippen LogP contribution in [0.5, 0.6) is 0 Å². The number of hydrogen-bond acceptors (Lipinski definition) is 8. The molecule has 2 aliphatic rings. The second-order valence-electron chi connectivity index (χ2n) is 7.09. The number of aliphatic hydroxyl groups excluding tert-OH is 1. The van der Waals surface area contributed by atoms with Gasteiger partial charge in [-0.05, 0) is 38.0 Å². The second kappa shape index (κ2) is 8.59. The standard InChI is InChI=1S/C17H25NO5.H2O4S/c1-4-11-5-7-12(8-6-11)18-10-17(20)15(19)14-13(9-21-17)22-16(2,3)23-14;1-5(2,3)4/h5-8,13-15,18-20H,4,9-10H2,1-3H3;(H2,1,2,3,4)/t13-,14-,15+,17-;/m1./s1. The molecule has 0 saturated carbocycles. The Kier molecular flexibility index (Phi) is 7.05. The van der Waals surface area contributed by atoms with Crippen molar-refractivity contribution in [3.05, 3.63) is 29.8 Å². The van der Waals surface area contributed by atoms with E-state index in [0.717, 1.165) is 12.1 Å². The summed E-state index contributed by atoms with van der Waals surface area (Å²) in [5.41, 5.74) is 2.10. The van der Waals surface area contributed by atoms with Crippen LogP contribution in [-0.4, -0.2) is 70.8 Å². The summed E-state index contributed by atoms with van der Waals surface area (Å²) in [6, 6.07) is 7.94. The van der Waals surface area contributed by atoms with E-state index in [-0.39, 0.29) is 19.3 Å². The number of nitrogens with one attached hydrogen (secondary N) is 1. The quantitative estimate of drug-likeness (QED) is 0.437. The Balaban J connectivity index is 0.000000500. The molecule has 0 aromatic heterocycles.